The molecule has 1 saturated heterocycles. The molecule has 4 aliphatic carbocycles. The van der Waals surface area contributed by atoms with Gasteiger partial charge in [-0.1, -0.05) is 0 Å². The van der Waals surface area contributed by atoms with Gasteiger partial charge in [0.1, 0.15) is 5.69 Å². The zero-order valence-corrected chi connectivity index (χ0v) is 14.8. The molecule has 1 heterocycles. The van der Waals surface area contributed by atoms with Gasteiger partial charge in [0.05, 0.1) is 22.4 Å². The molecule has 140 valence electrons. The molecule has 0 aromatic heterocycles. The fraction of sp³-hybridized carbons (Fsp3) is 0.526. The third-order valence-corrected chi connectivity index (χ3v) is 6.89. The van der Waals surface area contributed by atoms with E-state index in [1.54, 1.807) is 0 Å². The molecule has 2 bridgehead atoms. The Hall–Kier alpha value is -2.77. The topological polar surface area (TPSA) is 110 Å². The van der Waals surface area contributed by atoms with Crippen LogP contribution in [0.4, 0.5) is 17.1 Å². The first kappa shape index (κ1) is 16.4. The lowest BCUT2D eigenvalue weighted by Crippen LogP contribution is -2.43. The lowest BCUT2D eigenvalue weighted by atomic mass is 9.59. The number of anilines is 2. The molecular formula is C19H19N3O5. The molecule has 5 aliphatic rings. The zero-order valence-electron chi connectivity index (χ0n) is 14.8. The average Bonchev–Trinajstić information content (AvgIpc) is 3.39. The van der Waals surface area contributed by atoms with Crippen LogP contribution < -0.4 is 10.2 Å². The van der Waals surface area contributed by atoms with E-state index in [4.69, 9.17) is 0 Å². The van der Waals surface area contributed by atoms with Crippen molar-refractivity contribution in [1.29, 1.82) is 0 Å². The monoisotopic (exact) mass is 369 g/mol. The van der Waals surface area contributed by atoms with Crippen LogP contribution in [0.1, 0.15) is 26.2 Å². The first-order valence-corrected chi connectivity index (χ1v) is 9.32. The van der Waals surface area contributed by atoms with Crippen molar-refractivity contribution < 1.29 is 19.3 Å². The van der Waals surface area contributed by atoms with Gasteiger partial charge in [0.25, 0.3) is 5.69 Å². The zero-order chi connectivity index (χ0) is 19.0. The number of nitro groups is 1. The van der Waals surface area contributed by atoms with Gasteiger partial charge >= 0.3 is 0 Å². The van der Waals surface area contributed by atoms with E-state index in [9.17, 15) is 24.5 Å². The summed E-state index contributed by atoms with van der Waals surface area (Å²) in [6.07, 6.45) is 3.14. The third kappa shape index (κ3) is 2.18. The maximum absolute atomic E-state index is 13.1. The van der Waals surface area contributed by atoms with E-state index in [0.29, 0.717) is 11.8 Å². The van der Waals surface area contributed by atoms with Crippen LogP contribution >= 0.6 is 0 Å². The minimum atomic E-state index is -0.619. The molecule has 0 radical (unpaired) electrons. The Bertz CT molecular complexity index is 879. The summed E-state index contributed by atoms with van der Waals surface area (Å²) in [5.41, 5.74) is -0.0636. The van der Waals surface area contributed by atoms with Gasteiger partial charge in [-0.3, -0.25) is 24.5 Å². The summed E-state index contributed by atoms with van der Waals surface area (Å²) in [7, 11) is 0. The fourth-order valence-electron chi connectivity index (χ4n) is 5.90. The number of fused-ring (bicyclic) bond motifs is 1. The number of amides is 3. The standard InChI is InChI=1S/C19H19N3O5/c1-8(23)20-14-5-2-9(6-15(14)22(26)27)21-18(24)16-10-3-4-11(13-7-12(10)13)17(16)19(21)25/h2,5-6,10-13,16-17H,3-4,7H2,1H3,(H,20,23)/t10-,11+,12+,13-,16-,17+. The number of nitrogens with zero attached hydrogens (tertiary/aromatic N) is 2. The number of hydrogen-bond acceptors (Lipinski definition) is 5. The lowest BCUT2D eigenvalue weighted by molar-refractivity contribution is -0.383. The molecule has 8 nitrogen and oxygen atoms in total. The molecule has 1 aromatic carbocycles. The SMILES string of the molecule is CC(=O)Nc1ccc(N2C(=O)[C@@H]3[C@@H]4CC[C@@H]([C@H]5C[C@H]54)[C@@H]3C2=O)cc1[N+](=O)[O-]. The number of nitro benzene ring substituents is 1. The maximum atomic E-state index is 13.1. The van der Waals surface area contributed by atoms with Crippen molar-refractivity contribution in [1.82, 2.24) is 0 Å². The summed E-state index contributed by atoms with van der Waals surface area (Å²) in [4.78, 5) is 49.4. The number of imide groups is 1. The third-order valence-electron chi connectivity index (χ3n) is 6.89. The maximum Gasteiger partial charge on any atom is 0.294 e. The Balaban J connectivity index is 1.53. The van der Waals surface area contributed by atoms with Gasteiger partial charge in [-0.15, -0.1) is 0 Å². The number of nitrogens with one attached hydrogen (secondary N) is 1. The summed E-state index contributed by atoms with van der Waals surface area (Å²) < 4.78 is 0. The number of benzene rings is 1. The van der Waals surface area contributed by atoms with Crippen molar-refractivity contribution in [3.8, 4) is 0 Å². The summed E-state index contributed by atoms with van der Waals surface area (Å²) in [5, 5.41) is 13.8. The minimum Gasteiger partial charge on any atom is -0.321 e. The van der Waals surface area contributed by atoms with E-state index in [1.807, 2.05) is 0 Å². The molecule has 0 spiro atoms. The number of hydrogen-bond donors (Lipinski definition) is 1. The van der Waals surface area contributed by atoms with Gasteiger partial charge in [0.15, 0.2) is 0 Å². The molecule has 27 heavy (non-hydrogen) atoms. The lowest BCUT2D eigenvalue weighted by Gasteiger charge is -2.42. The van der Waals surface area contributed by atoms with Crippen molar-refractivity contribution >= 4 is 34.8 Å². The Morgan fingerprint density at radius 3 is 2.22 bits per heavy atom. The van der Waals surface area contributed by atoms with Gasteiger partial charge < -0.3 is 5.32 Å². The van der Waals surface area contributed by atoms with E-state index in [0.717, 1.165) is 24.2 Å². The summed E-state index contributed by atoms with van der Waals surface area (Å²) in [6, 6.07) is 4.08. The van der Waals surface area contributed by atoms with Crippen LogP contribution in [-0.2, 0) is 14.4 Å². The van der Waals surface area contributed by atoms with Crippen LogP contribution in [0, 0.1) is 45.6 Å². The second-order valence-electron chi connectivity index (χ2n) is 8.17. The molecule has 4 saturated carbocycles. The summed E-state index contributed by atoms with van der Waals surface area (Å²) in [6.45, 7) is 1.26. The molecule has 0 unspecified atom stereocenters. The molecule has 5 fully saturated rings. The van der Waals surface area contributed by atoms with Crippen LogP contribution in [0.5, 0.6) is 0 Å². The van der Waals surface area contributed by atoms with Crippen molar-refractivity contribution in [2.75, 3.05) is 10.2 Å². The minimum absolute atomic E-state index is 0.0501. The highest BCUT2D eigenvalue weighted by molar-refractivity contribution is 6.22. The Morgan fingerprint density at radius 1 is 1.11 bits per heavy atom. The first-order chi connectivity index (χ1) is 12.9. The van der Waals surface area contributed by atoms with Crippen LogP contribution in [0.3, 0.4) is 0 Å². The van der Waals surface area contributed by atoms with E-state index in [-0.39, 0.29) is 52.5 Å². The Labute approximate surface area is 155 Å². The first-order valence-electron chi connectivity index (χ1n) is 9.32. The number of carbonyl (C=O) groups excluding carboxylic acids is 3. The number of carbonyl (C=O) groups is 3. The van der Waals surface area contributed by atoms with Gasteiger partial charge in [0.2, 0.25) is 17.7 Å². The number of rotatable bonds is 3. The van der Waals surface area contributed by atoms with Crippen LogP contribution in [0.2, 0.25) is 0 Å². The van der Waals surface area contributed by atoms with E-state index in [1.165, 1.54) is 25.1 Å². The highest BCUT2D eigenvalue weighted by Gasteiger charge is 2.68. The molecule has 1 N–H and O–H groups in total. The predicted molar refractivity (Wildman–Crippen MR) is 94.7 cm³/mol. The largest absolute Gasteiger partial charge is 0.321 e. The molecule has 6 rings (SSSR count). The highest BCUT2D eigenvalue weighted by atomic mass is 16.6. The predicted octanol–water partition coefficient (Wildman–Crippen LogP) is 2.33. The molecule has 6 atom stereocenters. The fourth-order valence-corrected chi connectivity index (χ4v) is 5.90. The van der Waals surface area contributed by atoms with Crippen molar-refractivity contribution in [2.45, 2.75) is 26.2 Å². The van der Waals surface area contributed by atoms with Gasteiger partial charge in [-0.2, -0.15) is 0 Å². The van der Waals surface area contributed by atoms with E-state index in [2.05, 4.69) is 5.32 Å². The highest BCUT2D eigenvalue weighted by Crippen LogP contribution is 2.68. The molecule has 1 aliphatic heterocycles. The van der Waals surface area contributed by atoms with Gasteiger partial charge in [-0.25, -0.2) is 4.90 Å². The molecular weight excluding hydrogens is 350 g/mol. The van der Waals surface area contributed by atoms with Crippen LogP contribution in [0.15, 0.2) is 18.2 Å². The van der Waals surface area contributed by atoms with Crippen LogP contribution in [0.25, 0.3) is 0 Å². The summed E-state index contributed by atoms with van der Waals surface area (Å²) >= 11 is 0. The molecule has 1 aromatic rings. The smallest absolute Gasteiger partial charge is 0.294 e. The van der Waals surface area contributed by atoms with E-state index < -0.39 is 10.8 Å². The Kier molecular flexibility index (Phi) is 3.26. The van der Waals surface area contributed by atoms with Crippen LogP contribution in [-0.4, -0.2) is 22.6 Å². The van der Waals surface area contributed by atoms with Crippen molar-refractivity contribution in [3.63, 3.8) is 0 Å². The van der Waals surface area contributed by atoms with Gasteiger partial charge in [0, 0.05) is 13.0 Å². The molecule has 8 heteroatoms. The normalized spacial score (nSPS) is 35.7. The average molecular weight is 369 g/mol. The molecule has 3 amide bonds. The van der Waals surface area contributed by atoms with Gasteiger partial charge in [-0.05, 0) is 55.1 Å². The second kappa shape index (κ2) is 5.37. The Morgan fingerprint density at radius 2 is 1.70 bits per heavy atom. The van der Waals surface area contributed by atoms with Crippen molar-refractivity contribution in [2.24, 2.45) is 35.5 Å². The second-order valence-corrected chi connectivity index (χ2v) is 8.17. The van der Waals surface area contributed by atoms with E-state index >= 15 is 0 Å². The quantitative estimate of drug-likeness (QED) is 0.499. The summed E-state index contributed by atoms with van der Waals surface area (Å²) in [5.74, 6) is 0.318. The van der Waals surface area contributed by atoms with Crippen molar-refractivity contribution in [3.05, 3.63) is 28.3 Å².